The van der Waals surface area contributed by atoms with Crippen molar-refractivity contribution in [2.24, 2.45) is 5.92 Å². The zero-order valence-electron chi connectivity index (χ0n) is 8.23. The van der Waals surface area contributed by atoms with Crippen molar-refractivity contribution < 1.29 is 4.79 Å². The molecule has 0 fully saturated rings. The maximum Gasteiger partial charge on any atom is 0.165 e. The smallest absolute Gasteiger partial charge is 0.165 e. The number of ketones is 1. The van der Waals surface area contributed by atoms with Crippen molar-refractivity contribution in [3.63, 3.8) is 0 Å². The first kappa shape index (κ1) is 10.5. The Balaban J connectivity index is 2.63. The fraction of sp³-hybridized carbons (Fsp3) is 0.333. The Kier molecular flexibility index (Phi) is 3.87. The molecule has 0 N–H and O–H groups in total. The van der Waals surface area contributed by atoms with Crippen LogP contribution in [0.5, 0.6) is 0 Å². The second kappa shape index (κ2) is 5.18. The van der Waals surface area contributed by atoms with E-state index in [-0.39, 0.29) is 11.7 Å². The topological polar surface area (TPSA) is 40.9 Å². The van der Waals surface area contributed by atoms with Crippen molar-refractivity contribution in [3.05, 3.63) is 35.9 Å². The van der Waals surface area contributed by atoms with E-state index in [2.05, 4.69) is 6.07 Å². The molecule has 2 nitrogen and oxygen atoms in total. The molecule has 0 bridgehead atoms. The van der Waals surface area contributed by atoms with E-state index in [0.717, 1.165) is 5.56 Å². The molecule has 0 radical (unpaired) electrons. The Labute approximate surface area is 84.2 Å². The first-order valence-electron chi connectivity index (χ1n) is 4.72. The number of nitrogens with zero attached hydrogens (tertiary/aromatic N) is 1. The lowest BCUT2D eigenvalue weighted by atomic mass is 9.95. The molecule has 0 amide bonds. The van der Waals surface area contributed by atoms with E-state index in [1.165, 1.54) is 0 Å². The van der Waals surface area contributed by atoms with E-state index in [1.54, 1.807) is 0 Å². The minimum absolute atomic E-state index is 0.0583. The highest BCUT2D eigenvalue weighted by Crippen LogP contribution is 2.13. The van der Waals surface area contributed by atoms with Gasteiger partial charge in [0.15, 0.2) is 5.78 Å². The maximum atomic E-state index is 11.7. The Bertz CT molecular complexity index is 337. The van der Waals surface area contributed by atoms with Crippen molar-refractivity contribution in [3.8, 4) is 6.07 Å². The van der Waals surface area contributed by atoms with Crippen LogP contribution in [0.1, 0.15) is 30.1 Å². The van der Waals surface area contributed by atoms with Gasteiger partial charge in [-0.25, -0.2) is 0 Å². The highest BCUT2D eigenvalue weighted by molar-refractivity contribution is 5.97. The van der Waals surface area contributed by atoms with E-state index in [9.17, 15) is 4.79 Å². The van der Waals surface area contributed by atoms with Gasteiger partial charge < -0.3 is 0 Å². The summed E-state index contributed by atoms with van der Waals surface area (Å²) in [5.41, 5.74) is 0.734. The molecule has 14 heavy (non-hydrogen) atoms. The molecule has 1 rings (SSSR count). The molecule has 1 aromatic rings. The molecular weight excluding hydrogens is 174 g/mol. The Morgan fingerprint density at radius 1 is 1.43 bits per heavy atom. The molecule has 0 aliphatic carbocycles. The molecule has 0 saturated heterocycles. The van der Waals surface area contributed by atoms with Crippen LogP contribution in [0.4, 0.5) is 0 Å². The third-order valence-electron chi connectivity index (χ3n) is 2.20. The average molecular weight is 187 g/mol. The second-order valence-electron chi connectivity index (χ2n) is 3.33. The standard InChI is InChI=1S/C12H13NO/c1-10(6-5-9-13)12(14)11-7-3-2-4-8-11/h2-4,7-8,10H,5-6H2,1H3. The van der Waals surface area contributed by atoms with E-state index in [0.29, 0.717) is 12.8 Å². The summed E-state index contributed by atoms with van der Waals surface area (Å²) in [5, 5.41) is 8.41. The summed E-state index contributed by atoms with van der Waals surface area (Å²) in [5.74, 6) is 0.0675. The van der Waals surface area contributed by atoms with Crippen molar-refractivity contribution in [2.75, 3.05) is 0 Å². The predicted octanol–water partition coefficient (Wildman–Crippen LogP) is 2.81. The van der Waals surface area contributed by atoms with Crippen molar-refractivity contribution in [1.82, 2.24) is 0 Å². The van der Waals surface area contributed by atoms with Gasteiger partial charge in [0.05, 0.1) is 6.07 Å². The largest absolute Gasteiger partial charge is 0.294 e. The monoisotopic (exact) mass is 187 g/mol. The number of hydrogen-bond acceptors (Lipinski definition) is 2. The van der Waals surface area contributed by atoms with Gasteiger partial charge in [-0.15, -0.1) is 0 Å². The maximum absolute atomic E-state index is 11.7. The summed E-state index contributed by atoms with van der Waals surface area (Å²) in [6.45, 7) is 1.87. The molecule has 0 aliphatic heterocycles. The first-order valence-corrected chi connectivity index (χ1v) is 4.72. The third kappa shape index (κ3) is 2.70. The van der Waals surface area contributed by atoms with E-state index < -0.39 is 0 Å². The molecule has 0 heterocycles. The number of carbonyl (C=O) groups is 1. The number of carbonyl (C=O) groups excluding carboxylic acids is 1. The molecule has 72 valence electrons. The first-order chi connectivity index (χ1) is 6.75. The van der Waals surface area contributed by atoms with E-state index in [4.69, 9.17) is 5.26 Å². The highest BCUT2D eigenvalue weighted by atomic mass is 16.1. The number of nitriles is 1. The van der Waals surface area contributed by atoms with Gasteiger partial charge >= 0.3 is 0 Å². The quantitative estimate of drug-likeness (QED) is 0.680. The Morgan fingerprint density at radius 2 is 2.07 bits per heavy atom. The zero-order valence-corrected chi connectivity index (χ0v) is 8.23. The van der Waals surface area contributed by atoms with Crippen LogP contribution in [-0.4, -0.2) is 5.78 Å². The number of hydrogen-bond donors (Lipinski definition) is 0. The Hall–Kier alpha value is -1.62. The Morgan fingerprint density at radius 3 is 2.64 bits per heavy atom. The summed E-state index contributed by atoms with van der Waals surface area (Å²) >= 11 is 0. The summed E-state index contributed by atoms with van der Waals surface area (Å²) < 4.78 is 0. The van der Waals surface area contributed by atoms with Crippen LogP contribution in [0.3, 0.4) is 0 Å². The van der Waals surface area contributed by atoms with Crippen LogP contribution >= 0.6 is 0 Å². The molecule has 0 spiro atoms. The second-order valence-corrected chi connectivity index (χ2v) is 3.33. The number of benzene rings is 1. The lowest BCUT2D eigenvalue weighted by Gasteiger charge is -2.07. The summed E-state index contributed by atoms with van der Waals surface area (Å²) in [6, 6.07) is 11.3. The average Bonchev–Trinajstić information content (AvgIpc) is 2.26. The summed E-state index contributed by atoms with van der Waals surface area (Å²) in [4.78, 5) is 11.7. The molecule has 1 aromatic carbocycles. The SMILES string of the molecule is CC(CCC#N)C(=O)c1ccccc1. The van der Waals surface area contributed by atoms with Crippen LogP contribution in [0.25, 0.3) is 0 Å². The van der Waals surface area contributed by atoms with Crippen molar-refractivity contribution in [2.45, 2.75) is 19.8 Å². The molecule has 0 aliphatic rings. The minimum atomic E-state index is -0.0583. The van der Waals surface area contributed by atoms with Gasteiger partial charge in [-0.05, 0) is 6.42 Å². The third-order valence-corrected chi connectivity index (χ3v) is 2.20. The molecule has 0 saturated carbocycles. The summed E-state index contributed by atoms with van der Waals surface area (Å²) in [6.07, 6.45) is 1.09. The van der Waals surface area contributed by atoms with Gasteiger partial charge in [0, 0.05) is 17.9 Å². The molecule has 2 heteroatoms. The lowest BCUT2D eigenvalue weighted by molar-refractivity contribution is 0.0925. The molecular formula is C12H13NO. The van der Waals surface area contributed by atoms with Crippen LogP contribution in [0, 0.1) is 17.2 Å². The van der Waals surface area contributed by atoms with Gasteiger partial charge in [-0.3, -0.25) is 4.79 Å². The fourth-order valence-corrected chi connectivity index (χ4v) is 1.30. The number of rotatable bonds is 4. The van der Waals surface area contributed by atoms with Crippen LogP contribution in [0.15, 0.2) is 30.3 Å². The van der Waals surface area contributed by atoms with Crippen LogP contribution in [0.2, 0.25) is 0 Å². The zero-order chi connectivity index (χ0) is 10.4. The van der Waals surface area contributed by atoms with E-state index >= 15 is 0 Å². The van der Waals surface area contributed by atoms with Gasteiger partial charge in [0.1, 0.15) is 0 Å². The van der Waals surface area contributed by atoms with Gasteiger partial charge in [-0.1, -0.05) is 37.3 Å². The number of Topliss-reactive ketones (excluding diaryl/α,β-unsaturated/α-hetero) is 1. The highest BCUT2D eigenvalue weighted by Gasteiger charge is 2.13. The van der Waals surface area contributed by atoms with Crippen molar-refractivity contribution >= 4 is 5.78 Å². The van der Waals surface area contributed by atoms with E-state index in [1.807, 2.05) is 37.3 Å². The van der Waals surface area contributed by atoms with Crippen LogP contribution < -0.4 is 0 Å². The normalized spacial score (nSPS) is 11.7. The lowest BCUT2D eigenvalue weighted by Crippen LogP contribution is -2.10. The van der Waals surface area contributed by atoms with Gasteiger partial charge in [0.25, 0.3) is 0 Å². The van der Waals surface area contributed by atoms with Crippen LogP contribution in [-0.2, 0) is 0 Å². The summed E-state index contributed by atoms with van der Waals surface area (Å²) in [7, 11) is 0. The molecule has 1 atom stereocenters. The van der Waals surface area contributed by atoms with Gasteiger partial charge in [-0.2, -0.15) is 5.26 Å². The van der Waals surface area contributed by atoms with Gasteiger partial charge in [0.2, 0.25) is 0 Å². The molecule has 0 aromatic heterocycles. The fourth-order valence-electron chi connectivity index (χ4n) is 1.30. The molecule has 1 unspecified atom stereocenters. The predicted molar refractivity (Wildman–Crippen MR) is 54.8 cm³/mol. The van der Waals surface area contributed by atoms with Crippen molar-refractivity contribution in [1.29, 1.82) is 5.26 Å². The minimum Gasteiger partial charge on any atom is -0.294 e.